The zero-order valence-corrected chi connectivity index (χ0v) is 11.1. The van der Waals surface area contributed by atoms with Crippen molar-refractivity contribution >= 4 is 11.7 Å². The molecule has 0 bridgehead atoms. The number of hydrazine groups is 1. The monoisotopic (exact) mass is 257 g/mol. The van der Waals surface area contributed by atoms with E-state index in [2.05, 4.69) is 10.4 Å². The molecule has 0 aromatic rings. The third-order valence-corrected chi connectivity index (χ3v) is 2.93. The Kier molecular flexibility index (Phi) is 5.03. The Hall–Kier alpha value is -1.22. The molecule has 0 aromatic heterocycles. The van der Waals surface area contributed by atoms with Gasteiger partial charge in [-0.2, -0.15) is 5.06 Å². The summed E-state index contributed by atoms with van der Waals surface area (Å²) >= 11 is 0. The van der Waals surface area contributed by atoms with Gasteiger partial charge in [-0.25, -0.2) is 0 Å². The van der Waals surface area contributed by atoms with Gasteiger partial charge in [0.1, 0.15) is 0 Å². The molecular formula is C10H23N7O. The minimum Gasteiger partial charge on any atom is -0.381 e. The molecular weight excluding hydrogens is 234 g/mol. The highest BCUT2D eigenvalue weighted by atomic mass is 16.5. The van der Waals surface area contributed by atoms with E-state index >= 15 is 0 Å². The molecule has 2 unspecified atom stereocenters. The fraction of sp³-hybridized carbons (Fsp3) is 0.800. The van der Waals surface area contributed by atoms with Crippen LogP contribution < -0.4 is 17.0 Å². The maximum absolute atomic E-state index is 9.23. The highest BCUT2D eigenvalue weighted by molar-refractivity contribution is 6.39. The maximum Gasteiger partial charge on any atom is 0.166 e. The minimum absolute atomic E-state index is 0.00129. The van der Waals surface area contributed by atoms with Crippen LogP contribution in [0.15, 0.2) is 4.99 Å². The predicted octanol–water partition coefficient (Wildman–Crippen LogP) is -1.43. The Balaban J connectivity index is 0.000000280. The molecule has 2 heterocycles. The SMILES string of the molecule is CC(C)NN.CN1C(C(=N)N)=NC2CN(O)CC21. The van der Waals surface area contributed by atoms with Gasteiger partial charge in [-0.1, -0.05) is 0 Å². The van der Waals surface area contributed by atoms with Crippen molar-refractivity contribution in [3.63, 3.8) is 0 Å². The Morgan fingerprint density at radius 3 is 2.50 bits per heavy atom. The van der Waals surface area contributed by atoms with Gasteiger partial charge in [0.05, 0.1) is 12.1 Å². The fourth-order valence-corrected chi connectivity index (χ4v) is 1.92. The van der Waals surface area contributed by atoms with E-state index in [1.807, 2.05) is 25.8 Å². The van der Waals surface area contributed by atoms with Gasteiger partial charge < -0.3 is 15.8 Å². The average molecular weight is 257 g/mol. The van der Waals surface area contributed by atoms with Gasteiger partial charge >= 0.3 is 0 Å². The van der Waals surface area contributed by atoms with E-state index in [0.29, 0.717) is 25.0 Å². The number of amidine groups is 2. The molecule has 7 N–H and O–H groups in total. The Morgan fingerprint density at radius 1 is 1.56 bits per heavy atom. The number of hydrogen-bond acceptors (Lipinski definition) is 7. The quantitative estimate of drug-likeness (QED) is 0.178. The number of hydrogen-bond donors (Lipinski definition) is 5. The normalized spacial score (nSPS) is 26.8. The minimum atomic E-state index is 0.00129. The number of aliphatic imine (C=N–C) groups is 1. The molecule has 0 aliphatic carbocycles. The van der Waals surface area contributed by atoms with Gasteiger partial charge in [0, 0.05) is 26.2 Å². The first-order chi connectivity index (χ1) is 8.36. The van der Waals surface area contributed by atoms with E-state index in [4.69, 9.17) is 17.0 Å². The zero-order valence-electron chi connectivity index (χ0n) is 11.1. The summed E-state index contributed by atoms with van der Waals surface area (Å²) in [5, 5.41) is 17.8. The van der Waals surface area contributed by atoms with Crippen molar-refractivity contribution in [2.24, 2.45) is 16.6 Å². The van der Waals surface area contributed by atoms with E-state index in [9.17, 15) is 5.21 Å². The second-order valence-corrected chi connectivity index (χ2v) is 4.80. The summed E-state index contributed by atoms with van der Waals surface area (Å²) in [5.74, 6) is 5.47. The van der Waals surface area contributed by atoms with Gasteiger partial charge in [-0.3, -0.25) is 21.7 Å². The molecule has 2 aliphatic heterocycles. The van der Waals surface area contributed by atoms with Crippen LogP contribution in [0.1, 0.15) is 13.8 Å². The first-order valence-electron chi connectivity index (χ1n) is 5.91. The van der Waals surface area contributed by atoms with E-state index in [0.717, 1.165) is 0 Å². The maximum atomic E-state index is 9.23. The number of nitrogens with one attached hydrogen (secondary N) is 2. The van der Waals surface area contributed by atoms with Crippen LogP contribution in [0, 0.1) is 5.41 Å². The molecule has 18 heavy (non-hydrogen) atoms. The summed E-state index contributed by atoms with van der Waals surface area (Å²) in [4.78, 5) is 6.14. The lowest BCUT2D eigenvalue weighted by Crippen LogP contribution is -2.42. The first kappa shape index (κ1) is 14.8. The van der Waals surface area contributed by atoms with E-state index in [1.165, 1.54) is 5.06 Å². The fourth-order valence-electron chi connectivity index (χ4n) is 1.92. The van der Waals surface area contributed by atoms with Crippen LogP contribution in [0.2, 0.25) is 0 Å². The lowest BCUT2D eigenvalue weighted by molar-refractivity contribution is -0.0724. The van der Waals surface area contributed by atoms with Gasteiger partial charge in [0.15, 0.2) is 11.7 Å². The van der Waals surface area contributed by atoms with E-state index in [1.54, 1.807) is 0 Å². The summed E-state index contributed by atoms with van der Waals surface area (Å²) in [7, 11) is 1.85. The topological polar surface area (TPSA) is 127 Å². The number of likely N-dealkylation sites (N-methyl/N-ethyl adjacent to an activating group) is 1. The van der Waals surface area contributed by atoms with Gasteiger partial charge in [-0.15, -0.1) is 0 Å². The molecule has 0 saturated carbocycles. The second-order valence-electron chi connectivity index (χ2n) is 4.80. The van der Waals surface area contributed by atoms with Crippen molar-refractivity contribution in [2.75, 3.05) is 20.1 Å². The van der Waals surface area contributed by atoms with Crippen molar-refractivity contribution in [1.29, 1.82) is 5.41 Å². The second kappa shape index (κ2) is 6.10. The Morgan fingerprint density at radius 2 is 2.11 bits per heavy atom. The van der Waals surface area contributed by atoms with Crippen LogP contribution in [0.25, 0.3) is 0 Å². The van der Waals surface area contributed by atoms with Crippen LogP contribution in [0.4, 0.5) is 0 Å². The lowest BCUT2D eigenvalue weighted by Gasteiger charge is -2.21. The highest BCUT2D eigenvalue weighted by Crippen LogP contribution is 2.22. The van der Waals surface area contributed by atoms with Crippen LogP contribution >= 0.6 is 0 Å². The third kappa shape index (κ3) is 3.39. The van der Waals surface area contributed by atoms with Gasteiger partial charge in [0.2, 0.25) is 0 Å². The molecule has 2 aliphatic rings. The van der Waals surface area contributed by atoms with Crippen molar-refractivity contribution in [2.45, 2.75) is 32.0 Å². The Bertz CT molecular complexity index is 330. The van der Waals surface area contributed by atoms with Crippen LogP contribution in [-0.4, -0.2) is 65.1 Å². The largest absolute Gasteiger partial charge is 0.381 e. The number of fused-ring (bicyclic) bond motifs is 1. The van der Waals surface area contributed by atoms with Crippen molar-refractivity contribution in [3.8, 4) is 0 Å². The van der Waals surface area contributed by atoms with Crippen LogP contribution in [-0.2, 0) is 0 Å². The molecule has 0 aromatic carbocycles. The number of nitrogens with two attached hydrogens (primary N) is 2. The Labute approximate surface area is 107 Å². The first-order valence-corrected chi connectivity index (χ1v) is 5.91. The molecule has 0 amide bonds. The van der Waals surface area contributed by atoms with Crippen molar-refractivity contribution < 1.29 is 5.21 Å². The van der Waals surface area contributed by atoms with Crippen LogP contribution in [0.5, 0.6) is 0 Å². The van der Waals surface area contributed by atoms with Crippen LogP contribution in [0.3, 0.4) is 0 Å². The van der Waals surface area contributed by atoms with E-state index < -0.39 is 0 Å². The number of nitrogens with zero attached hydrogens (tertiary/aromatic N) is 3. The van der Waals surface area contributed by atoms with E-state index in [-0.39, 0.29) is 17.9 Å². The molecule has 2 rings (SSSR count). The number of hydroxylamine groups is 2. The molecule has 1 fully saturated rings. The molecule has 8 heteroatoms. The van der Waals surface area contributed by atoms with Gasteiger partial charge in [0.25, 0.3) is 0 Å². The summed E-state index contributed by atoms with van der Waals surface area (Å²) in [6, 6.07) is 0.646. The molecule has 0 radical (unpaired) electrons. The summed E-state index contributed by atoms with van der Waals surface area (Å²) in [6.45, 7) is 5.08. The molecule has 1 saturated heterocycles. The molecule has 2 atom stereocenters. The average Bonchev–Trinajstić information content (AvgIpc) is 2.78. The molecule has 8 nitrogen and oxygen atoms in total. The van der Waals surface area contributed by atoms with Crippen molar-refractivity contribution in [3.05, 3.63) is 0 Å². The summed E-state index contributed by atoms with van der Waals surface area (Å²) in [5.41, 5.74) is 7.89. The summed E-state index contributed by atoms with van der Waals surface area (Å²) in [6.07, 6.45) is 0. The molecule has 0 spiro atoms. The van der Waals surface area contributed by atoms with Gasteiger partial charge in [-0.05, 0) is 13.8 Å². The lowest BCUT2D eigenvalue weighted by atomic mass is 10.2. The standard InChI is InChI=1S/C7H13N5O.C3H10N2/c1-11-5-3-12(13)2-4(5)10-7(11)6(8)9;1-3(2)5-4/h4-5,13H,2-3H2,1H3,(H3,8,9);3,5H,4H2,1-2H3. The number of rotatable bonds is 2. The van der Waals surface area contributed by atoms with Crippen molar-refractivity contribution in [1.82, 2.24) is 15.4 Å². The third-order valence-electron chi connectivity index (χ3n) is 2.93. The highest BCUT2D eigenvalue weighted by Gasteiger charge is 2.41. The zero-order chi connectivity index (χ0) is 13.9. The molecule has 104 valence electrons. The smallest absolute Gasteiger partial charge is 0.166 e. The summed E-state index contributed by atoms with van der Waals surface area (Å²) < 4.78 is 0. The predicted molar refractivity (Wildman–Crippen MR) is 70.5 cm³/mol.